The molecule has 1 aromatic heterocycles. The quantitative estimate of drug-likeness (QED) is 0.393. The van der Waals surface area contributed by atoms with Crippen LogP contribution in [0.4, 0.5) is 0 Å². The molecule has 0 saturated heterocycles. The maximum absolute atomic E-state index is 13.6. The Balaban J connectivity index is 1.49. The summed E-state index contributed by atoms with van der Waals surface area (Å²) in [5.74, 6) is 0.678. The molecule has 4 rings (SSSR count). The van der Waals surface area contributed by atoms with Crippen LogP contribution < -0.4 is 4.74 Å². The van der Waals surface area contributed by atoms with Crippen LogP contribution in [0.15, 0.2) is 72.6 Å². The summed E-state index contributed by atoms with van der Waals surface area (Å²) in [7, 11) is 0. The van der Waals surface area contributed by atoms with E-state index < -0.39 is 0 Å². The summed E-state index contributed by atoms with van der Waals surface area (Å²) in [4.78, 5) is 31.3. The number of carbonyl (C=O) groups is 2. The zero-order valence-electron chi connectivity index (χ0n) is 20.4. The highest BCUT2D eigenvalue weighted by Gasteiger charge is 2.33. The smallest absolute Gasteiger partial charge is 0.242 e. The van der Waals surface area contributed by atoms with Gasteiger partial charge in [0.05, 0.1) is 12.5 Å². The van der Waals surface area contributed by atoms with Crippen LogP contribution in [0.3, 0.4) is 0 Å². The number of carbonyl (C=O) groups excluding carboxylic acids is 2. The number of nitrogens with zero attached hydrogens (tertiary/aromatic N) is 2. The lowest BCUT2D eigenvalue weighted by atomic mass is 10.00. The minimum absolute atomic E-state index is 0.0250. The molecule has 3 aromatic rings. The zero-order valence-corrected chi connectivity index (χ0v) is 21.2. The maximum Gasteiger partial charge on any atom is 0.242 e. The van der Waals surface area contributed by atoms with Crippen molar-refractivity contribution in [2.24, 2.45) is 0 Å². The molecule has 0 spiro atoms. The van der Waals surface area contributed by atoms with Crippen molar-refractivity contribution >= 4 is 23.2 Å². The van der Waals surface area contributed by atoms with E-state index in [9.17, 15) is 9.59 Å². The zero-order chi connectivity index (χ0) is 24.8. The van der Waals surface area contributed by atoms with Gasteiger partial charge >= 0.3 is 0 Å². The number of rotatable bonds is 9. The van der Waals surface area contributed by atoms with Gasteiger partial charge < -0.3 is 14.5 Å². The van der Waals surface area contributed by atoms with E-state index >= 15 is 0 Å². The van der Waals surface area contributed by atoms with Gasteiger partial charge in [0.2, 0.25) is 11.8 Å². The van der Waals surface area contributed by atoms with Gasteiger partial charge in [-0.1, -0.05) is 54.1 Å². The molecule has 6 heteroatoms. The molecular formula is C29H32N2O3S. The Morgan fingerprint density at radius 2 is 1.97 bits per heavy atom. The van der Waals surface area contributed by atoms with Gasteiger partial charge in [0, 0.05) is 18.0 Å². The van der Waals surface area contributed by atoms with Gasteiger partial charge in [0.25, 0.3) is 0 Å². The molecule has 0 unspecified atom stereocenters. The number of fused-ring (bicyclic) bond motifs is 1. The molecule has 2 amide bonds. The summed E-state index contributed by atoms with van der Waals surface area (Å²) < 4.78 is 6.23. The first-order valence-corrected chi connectivity index (χ1v) is 12.8. The summed E-state index contributed by atoms with van der Waals surface area (Å²) >= 11 is 1.73. The fraction of sp³-hybridized carbons (Fsp3) is 0.310. The average Bonchev–Trinajstić information content (AvgIpc) is 3.33. The van der Waals surface area contributed by atoms with E-state index in [-0.39, 0.29) is 30.8 Å². The summed E-state index contributed by atoms with van der Waals surface area (Å²) in [6.45, 7) is 9.23. The van der Waals surface area contributed by atoms with E-state index in [4.69, 9.17) is 4.74 Å². The standard InChI is InChI=1S/C29H32N2O3S/c1-4-14-30(28(32)18-23-8-6-5-7-9-23)19-29(33)31-15-12-27-24(13-16-35-27)25(31)20-34-26-11-10-21(2)17-22(26)3/h4-11,13,16-17,25H,1,12,14-15,18-20H2,2-3H3/t25-/m0/s1. The van der Waals surface area contributed by atoms with E-state index in [2.05, 4.69) is 31.0 Å². The predicted molar refractivity (Wildman–Crippen MR) is 141 cm³/mol. The molecule has 5 nitrogen and oxygen atoms in total. The molecule has 2 heterocycles. The molecule has 35 heavy (non-hydrogen) atoms. The van der Waals surface area contributed by atoms with Crippen LogP contribution in [0.2, 0.25) is 0 Å². The fourth-order valence-electron chi connectivity index (χ4n) is 4.55. The Hall–Kier alpha value is -3.38. The van der Waals surface area contributed by atoms with E-state index in [0.717, 1.165) is 28.9 Å². The van der Waals surface area contributed by atoms with Crippen LogP contribution in [0, 0.1) is 13.8 Å². The Bertz CT molecular complexity index is 1190. The minimum atomic E-state index is -0.187. The third-order valence-electron chi connectivity index (χ3n) is 6.37. The van der Waals surface area contributed by atoms with Gasteiger partial charge in [0.15, 0.2) is 0 Å². The molecule has 1 atom stereocenters. The van der Waals surface area contributed by atoms with Crippen LogP contribution in [0.25, 0.3) is 0 Å². The molecule has 182 valence electrons. The largest absolute Gasteiger partial charge is 0.491 e. The number of aryl methyl sites for hydroxylation is 2. The van der Waals surface area contributed by atoms with Crippen molar-refractivity contribution in [3.05, 3.63) is 99.8 Å². The number of hydrogen-bond acceptors (Lipinski definition) is 4. The molecule has 0 radical (unpaired) electrons. The topological polar surface area (TPSA) is 49.9 Å². The van der Waals surface area contributed by atoms with Crippen LogP contribution in [0.1, 0.15) is 33.2 Å². The van der Waals surface area contributed by atoms with Gasteiger partial charge in [-0.25, -0.2) is 0 Å². The van der Waals surface area contributed by atoms with Crippen molar-refractivity contribution in [1.29, 1.82) is 0 Å². The Morgan fingerprint density at radius 1 is 1.17 bits per heavy atom. The molecule has 0 fully saturated rings. The third kappa shape index (κ3) is 6.01. The number of ether oxygens (including phenoxy) is 1. The normalized spacial score (nSPS) is 14.8. The van der Waals surface area contributed by atoms with Gasteiger partial charge in [-0.3, -0.25) is 9.59 Å². The second kappa shape index (κ2) is 11.4. The molecule has 1 aliphatic rings. The maximum atomic E-state index is 13.6. The lowest BCUT2D eigenvalue weighted by Crippen LogP contribution is -2.48. The summed E-state index contributed by atoms with van der Waals surface area (Å²) in [5, 5.41) is 2.08. The van der Waals surface area contributed by atoms with Crippen molar-refractivity contribution in [3.63, 3.8) is 0 Å². The molecule has 1 aliphatic heterocycles. The summed E-state index contributed by atoms with van der Waals surface area (Å²) in [6.07, 6.45) is 2.75. The van der Waals surface area contributed by atoms with Gasteiger partial charge in [-0.15, -0.1) is 17.9 Å². The number of hydrogen-bond donors (Lipinski definition) is 0. The lowest BCUT2D eigenvalue weighted by Gasteiger charge is -2.37. The SMILES string of the molecule is C=CCN(CC(=O)N1CCc2sccc2[C@@H]1COc1ccc(C)cc1C)C(=O)Cc1ccccc1. The second-order valence-electron chi connectivity index (χ2n) is 8.96. The van der Waals surface area contributed by atoms with E-state index in [1.807, 2.05) is 54.3 Å². The van der Waals surface area contributed by atoms with Crippen molar-refractivity contribution in [3.8, 4) is 5.75 Å². The van der Waals surface area contributed by atoms with Crippen LogP contribution >= 0.6 is 11.3 Å². The lowest BCUT2D eigenvalue weighted by molar-refractivity contribution is -0.142. The summed E-state index contributed by atoms with van der Waals surface area (Å²) in [5.41, 5.74) is 4.34. The molecule has 0 saturated carbocycles. The second-order valence-corrected chi connectivity index (χ2v) is 9.96. The fourth-order valence-corrected chi connectivity index (χ4v) is 5.48. The molecule has 0 N–H and O–H groups in total. The predicted octanol–water partition coefficient (Wildman–Crippen LogP) is 5.13. The van der Waals surface area contributed by atoms with E-state index in [0.29, 0.717) is 19.7 Å². The highest BCUT2D eigenvalue weighted by Crippen LogP contribution is 2.34. The third-order valence-corrected chi connectivity index (χ3v) is 7.37. The van der Waals surface area contributed by atoms with Crippen LogP contribution in [0.5, 0.6) is 5.75 Å². The van der Waals surface area contributed by atoms with Crippen molar-refractivity contribution < 1.29 is 14.3 Å². The first kappa shape index (κ1) is 24.7. The van der Waals surface area contributed by atoms with E-state index in [1.54, 1.807) is 22.3 Å². The van der Waals surface area contributed by atoms with Gasteiger partial charge in [-0.2, -0.15) is 0 Å². The van der Waals surface area contributed by atoms with Crippen molar-refractivity contribution in [2.45, 2.75) is 32.7 Å². The van der Waals surface area contributed by atoms with Crippen molar-refractivity contribution in [1.82, 2.24) is 9.80 Å². The van der Waals surface area contributed by atoms with Gasteiger partial charge in [0.1, 0.15) is 18.9 Å². The number of amides is 2. The molecule has 0 aliphatic carbocycles. The average molecular weight is 489 g/mol. The van der Waals surface area contributed by atoms with Crippen molar-refractivity contribution in [2.75, 3.05) is 26.2 Å². The Kier molecular flexibility index (Phi) is 8.03. The first-order valence-electron chi connectivity index (χ1n) is 11.9. The Morgan fingerprint density at radius 3 is 2.71 bits per heavy atom. The summed E-state index contributed by atoms with van der Waals surface area (Å²) in [6, 6.07) is 17.6. The number of thiophene rings is 1. The van der Waals surface area contributed by atoms with Crippen LogP contribution in [-0.4, -0.2) is 47.9 Å². The Labute approximate surface area is 211 Å². The molecule has 2 aromatic carbocycles. The van der Waals surface area contributed by atoms with E-state index in [1.165, 1.54) is 10.4 Å². The highest BCUT2D eigenvalue weighted by atomic mass is 32.1. The molecular weight excluding hydrogens is 456 g/mol. The van der Waals surface area contributed by atoms with Crippen LogP contribution in [-0.2, 0) is 22.4 Å². The highest BCUT2D eigenvalue weighted by molar-refractivity contribution is 7.10. The monoisotopic (exact) mass is 488 g/mol. The molecule has 0 bridgehead atoms. The van der Waals surface area contributed by atoms with Gasteiger partial charge in [-0.05, 0) is 54.5 Å². The minimum Gasteiger partial charge on any atom is -0.491 e. The number of benzene rings is 2. The first-order chi connectivity index (χ1) is 17.0.